The number of nitrogens with one attached hydrogen (secondary N) is 1. The lowest BCUT2D eigenvalue weighted by atomic mass is 9.83. The van der Waals surface area contributed by atoms with E-state index >= 15 is 0 Å². The predicted octanol–water partition coefficient (Wildman–Crippen LogP) is 2.41. The molecule has 5 heteroatoms. The van der Waals surface area contributed by atoms with Crippen LogP contribution in [0.4, 0.5) is 5.82 Å². The van der Waals surface area contributed by atoms with E-state index < -0.39 is 11.5 Å². The lowest BCUT2D eigenvalue weighted by Gasteiger charge is -2.26. The van der Waals surface area contributed by atoms with Gasteiger partial charge in [0, 0.05) is 11.5 Å². The normalized spacial score (nSPS) is 16.1. The summed E-state index contributed by atoms with van der Waals surface area (Å²) < 4.78 is 0. The maximum absolute atomic E-state index is 10.7. The van der Waals surface area contributed by atoms with E-state index in [1.54, 1.807) is 0 Å². The summed E-state index contributed by atoms with van der Waals surface area (Å²) >= 11 is 0. The fraction of sp³-hybridized carbons (Fsp3) is 0.615. The fourth-order valence-electron chi connectivity index (χ4n) is 2.10. The van der Waals surface area contributed by atoms with Crippen LogP contribution in [-0.2, 0) is 4.79 Å². The summed E-state index contributed by atoms with van der Waals surface area (Å²) in [7, 11) is 0. The van der Waals surface area contributed by atoms with Crippen LogP contribution < -0.4 is 5.32 Å². The van der Waals surface area contributed by atoms with E-state index in [2.05, 4.69) is 15.5 Å². The molecule has 0 aromatic carbocycles. The van der Waals surface area contributed by atoms with Crippen molar-refractivity contribution in [2.45, 2.75) is 51.0 Å². The molecule has 0 aliphatic heterocycles. The van der Waals surface area contributed by atoms with Gasteiger partial charge in [0.2, 0.25) is 0 Å². The van der Waals surface area contributed by atoms with Crippen LogP contribution in [0.25, 0.3) is 0 Å². The second-order valence-corrected chi connectivity index (χ2v) is 5.55. The zero-order valence-electron chi connectivity index (χ0n) is 10.8. The van der Waals surface area contributed by atoms with Crippen molar-refractivity contribution in [1.29, 1.82) is 0 Å². The summed E-state index contributed by atoms with van der Waals surface area (Å²) in [5.41, 5.74) is 0.515. The van der Waals surface area contributed by atoms with Crippen molar-refractivity contribution < 1.29 is 9.90 Å². The van der Waals surface area contributed by atoms with Gasteiger partial charge in [-0.3, -0.25) is 4.79 Å². The minimum Gasteiger partial charge on any atom is -0.481 e. The molecule has 1 aromatic rings. The number of carbonyl (C=O) groups is 1. The highest BCUT2D eigenvalue weighted by Crippen LogP contribution is 2.35. The molecule has 0 spiro atoms. The van der Waals surface area contributed by atoms with E-state index in [9.17, 15) is 4.79 Å². The molecular formula is C13H19N3O2. The molecule has 0 radical (unpaired) electrons. The molecule has 18 heavy (non-hydrogen) atoms. The highest BCUT2D eigenvalue weighted by atomic mass is 16.4. The molecular weight excluding hydrogens is 230 g/mol. The number of aromatic nitrogens is 2. The summed E-state index contributed by atoms with van der Waals surface area (Å²) in [6.07, 6.45) is 3.72. The van der Waals surface area contributed by atoms with Crippen LogP contribution in [0, 0.1) is 0 Å². The van der Waals surface area contributed by atoms with E-state index in [1.165, 1.54) is 19.3 Å². The van der Waals surface area contributed by atoms with Crippen molar-refractivity contribution in [3.05, 3.63) is 17.8 Å². The third kappa shape index (κ3) is 3.18. The molecule has 1 aromatic heterocycles. The van der Waals surface area contributed by atoms with Crippen LogP contribution in [0.15, 0.2) is 12.1 Å². The van der Waals surface area contributed by atoms with Crippen LogP contribution in [-0.4, -0.2) is 26.8 Å². The van der Waals surface area contributed by atoms with Gasteiger partial charge < -0.3 is 10.4 Å². The quantitative estimate of drug-likeness (QED) is 0.838. The molecule has 1 aliphatic carbocycles. The zero-order valence-corrected chi connectivity index (χ0v) is 10.8. The summed E-state index contributed by atoms with van der Waals surface area (Å²) in [5, 5.41) is 20.2. The second-order valence-electron chi connectivity index (χ2n) is 5.55. The number of aliphatic carboxylic acids is 1. The number of nitrogens with zero attached hydrogens (tertiary/aromatic N) is 2. The molecule has 0 bridgehead atoms. The summed E-state index contributed by atoms with van der Waals surface area (Å²) in [6, 6.07) is 3.86. The van der Waals surface area contributed by atoms with E-state index in [1.807, 2.05) is 26.0 Å². The van der Waals surface area contributed by atoms with Crippen molar-refractivity contribution in [1.82, 2.24) is 10.2 Å². The SMILES string of the molecule is CC(C)(CC(=O)O)Nc1ccc(C2CCC2)nn1. The molecule has 0 amide bonds. The van der Waals surface area contributed by atoms with Gasteiger partial charge >= 0.3 is 5.97 Å². The first-order chi connectivity index (χ1) is 8.46. The lowest BCUT2D eigenvalue weighted by molar-refractivity contribution is -0.137. The predicted molar refractivity (Wildman–Crippen MR) is 68.6 cm³/mol. The molecule has 98 valence electrons. The summed E-state index contributed by atoms with van der Waals surface area (Å²) in [4.78, 5) is 10.7. The summed E-state index contributed by atoms with van der Waals surface area (Å²) in [6.45, 7) is 3.67. The van der Waals surface area contributed by atoms with Crippen molar-refractivity contribution >= 4 is 11.8 Å². The van der Waals surface area contributed by atoms with Crippen molar-refractivity contribution in [3.8, 4) is 0 Å². The van der Waals surface area contributed by atoms with Gasteiger partial charge in [-0.2, -0.15) is 5.10 Å². The largest absolute Gasteiger partial charge is 0.481 e. The molecule has 5 nitrogen and oxygen atoms in total. The molecule has 2 rings (SSSR count). The van der Waals surface area contributed by atoms with E-state index in [0.29, 0.717) is 11.7 Å². The second kappa shape index (κ2) is 4.92. The molecule has 1 heterocycles. The van der Waals surface area contributed by atoms with Gasteiger partial charge in [0.15, 0.2) is 0 Å². The summed E-state index contributed by atoms with van der Waals surface area (Å²) in [5.74, 6) is 0.370. The minimum absolute atomic E-state index is 0.0407. The topological polar surface area (TPSA) is 75.1 Å². The van der Waals surface area contributed by atoms with Crippen LogP contribution >= 0.6 is 0 Å². The van der Waals surface area contributed by atoms with Crippen molar-refractivity contribution in [2.75, 3.05) is 5.32 Å². The standard InChI is InChI=1S/C13H19N3O2/c1-13(2,8-12(17)18)14-11-7-6-10(15-16-11)9-4-3-5-9/h6-7,9H,3-5,8H2,1-2H3,(H,14,16)(H,17,18). The lowest BCUT2D eigenvalue weighted by Crippen LogP contribution is -2.34. The van der Waals surface area contributed by atoms with E-state index in [4.69, 9.17) is 5.11 Å². The maximum atomic E-state index is 10.7. The number of rotatable bonds is 5. The van der Waals surface area contributed by atoms with Gasteiger partial charge in [-0.25, -0.2) is 0 Å². The van der Waals surface area contributed by atoms with Gasteiger partial charge in [-0.15, -0.1) is 5.10 Å². The number of anilines is 1. The number of hydrogen-bond acceptors (Lipinski definition) is 4. The van der Waals surface area contributed by atoms with Gasteiger partial charge in [0.1, 0.15) is 5.82 Å². The average molecular weight is 249 g/mol. The molecule has 1 fully saturated rings. The Kier molecular flexibility index (Phi) is 3.50. The monoisotopic (exact) mass is 249 g/mol. The Morgan fingerprint density at radius 2 is 2.17 bits per heavy atom. The van der Waals surface area contributed by atoms with Crippen LogP contribution in [0.3, 0.4) is 0 Å². The number of hydrogen-bond donors (Lipinski definition) is 2. The van der Waals surface area contributed by atoms with Crippen molar-refractivity contribution in [3.63, 3.8) is 0 Å². The number of carboxylic acids is 1. The number of carboxylic acid groups (broad SMARTS) is 1. The van der Waals surface area contributed by atoms with Crippen LogP contribution in [0.2, 0.25) is 0 Å². The molecule has 1 saturated carbocycles. The zero-order chi connectivity index (χ0) is 13.2. The molecule has 0 saturated heterocycles. The van der Waals surface area contributed by atoms with E-state index in [0.717, 1.165) is 5.69 Å². The molecule has 1 aliphatic rings. The first-order valence-electron chi connectivity index (χ1n) is 6.30. The average Bonchev–Trinajstić information content (AvgIpc) is 2.15. The Balaban J connectivity index is 1.98. The minimum atomic E-state index is -0.827. The Morgan fingerprint density at radius 1 is 1.44 bits per heavy atom. The van der Waals surface area contributed by atoms with Gasteiger partial charge in [-0.1, -0.05) is 6.42 Å². The molecule has 0 atom stereocenters. The van der Waals surface area contributed by atoms with Gasteiger partial charge in [-0.05, 0) is 38.8 Å². The third-order valence-corrected chi connectivity index (χ3v) is 3.27. The Labute approximate surface area is 107 Å². The fourth-order valence-corrected chi connectivity index (χ4v) is 2.10. The molecule has 2 N–H and O–H groups in total. The first-order valence-corrected chi connectivity index (χ1v) is 6.30. The Hall–Kier alpha value is -1.65. The van der Waals surface area contributed by atoms with Gasteiger partial charge in [0.25, 0.3) is 0 Å². The van der Waals surface area contributed by atoms with Crippen molar-refractivity contribution in [2.24, 2.45) is 0 Å². The Bertz CT molecular complexity index is 424. The third-order valence-electron chi connectivity index (χ3n) is 3.27. The highest BCUT2D eigenvalue weighted by molar-refractivity contribution is 5.69. The van der Waals surface area contributed by atoms with Gasteiger partial charge in [0.05, 0.1) is 12.1 Å². The molecule has 0 unspecified atom stereocenters. The van der Waals surface area contributed by atoms with Crippen LogP contribution in [0.1, 0.15) is 51.1 Å². The smallest absolute Gasteiger partial charge is 0.305 e. The Morgan fingerprint density at radius 3 is 2.61 bits per heavy atom. The first kappa shape index (κ1) is 12.8. The van der Waals surface area contributed by atoms with E-state index in [-0.39, 0.29) is 6.42 Å². The van der Waals surface area contributed by atoms with Crippen LogP contribution in [0.5, 0.6) is 0 Å². The highest BCUT2D eigenvalue weighted by Gasteiger charge is 2.23. The maximum Gasteiger partial charge on any atom is 0.305 e.